The Morgan fingerprint density at radius 2 is 2.09 bits per heavy atom. The smallest absolute Gasteiger partial charge is 0.359 e. The van der Waals surface area contributed by atoms with Gasteiger partial charge in [-0.05, 0) is 44.2 Å². The molecule has 2 rings (SSSR count). The van der Waals surface area contributed by atoms with Crippen molar-refractivity contribution in [3.8, 4) is 6.07 Å². The number of carbonyl (C=O) groups excluding carboxylic acids is 2. The van der Waals surface area contributed by atoms with Gasteiger partial charge >= 0.3 is 6.18 Å². The van der Waals surface area contributed by atoms with Gasteiger partial charge in [0.1, 0.15) is 28.5 Å². The Morgan fingerprint density at radius 1 is 1.38 bits per heavy atom. The molecule has 1 heterocycles. The van der Waals surface area contributed by atoms with Crippen LogP contribution >= 0.6 is 11.8 Å². The number of hydrogen-bond donors (Lipinski definition) is 5. The number of alkyl halides is 3. The van der Waals surface area contributed by atoms with Crippen LogP contribution in [0.15, 0.2) is 40.7 Å². The molecule has 34 heavy (non-hydrogen) atoms. The van der Waals surface area contributed by atoms with Crippen LogP contribution in [-0.2, 0) is 15.8 Å². The Kier molecular flexibility index (Phi) is 8.94. The van der Waals surface area contributed by atoms with Gasteiger partial charge in [-0.2, -0.15) is 18.4 Å². The summed E-state index contributed by atoms with van der Waals surface area (Å²) in [6.45, 7) is 3.22. The molecular weight excluding hydrogens is 471 g/mol. The highest BCUT2D eigenvalue weighted by Gasteiger charge is 2.32. The second-order valence-corrected chi connectivity index (χ2v) is 8.44. The zero-order valence-electron chi connectivity index (χ0n) is 18.8. The summed E-state index contributed by atoms with van der Waals surface area (Å²) in [7, 11) is 0. The molecule has 0 aliphatic carbocycles. The number of nitrogens with one attached hydrogen (secondary N) is 4. The normalized spacial score (nSPS) is 18.8. The van der Waals surface area contributed by atoms with Gasteiger partial charge in [-0.15, -0.1) is 11.8 Å². The lowest BCUT2D eigenvalue weighted by atomic mass is 10.1. The van der Waals surface area contributed by atoms with Crippen molar-refractivity contribution in [1.29, 1.82) is 5.26 Å². The summed E-state index contributed by atoms with van der Waals surface area (Å²) in [6.07, 6.45) is -2.26. The maximum Gasteiger partial charge on any atom is 0.416 e. The molecule has 13 heteroatoms. The van der Waals surface area contributed by atoms with E-state index < -0.39 is 29.5 Å². The van der Waals surface area contributed by atoms with Crippen LogP contribution in [0.3, 0.4) is 0 Å². The lowest BCUT2D eigenvalue weighted by Gasteiger charge is -2.33. The maximum atomic E-state index is 13.0. The third-order valence-corrected chi connectivity index (χ3v) is 5.30. The molecule has 0 fully saturated rings. The average molecular weight is 498 g/mol. The molecule has 1 aliphatic rings. The van der Waals surface area contributed by atoms with Crippen LogP contribution in [0.1, 0.15) is 32.3 Å². The van der Waals surface area contributed by atoms with Crippen molar-refractivity contribution < 1.29 is 22.8 Å². The Labute approximate surface area is 199 Å². The zero-order chi connectivity index (χ0) is 25.5. The van der Waals surface area contributed by atoms with Crippen LogP contribution in [-0.4, -0.2) is 41.5 Å². The van der Waals surface area contributed by atoms with E-state index >= 15 is 0 Å². The molecule has 0 radical (unpaired) electrons. The standard InChI is InChI=1S/C21H26F3N7O2S/c1-12(32)27-9-5-8-16(18(33)28-14-7-4-6-13(10-14)21(22,23)24)29-17-15(11-25)19(34-3)31-20(2,26)30-17/h4,6-7,10,16,29-30H,5,8-9,26H2,1-3H3,(H,27,32)(H,28,33)/t16-,20?/m0/s1. The summed E-state index contributed by atoms with van der Waals surface area (Å²) in [5.41, 5.74) is 5.30. The van der Waals surface area contributed by atoms with Crippen LogP contribution in [0.5, 0.6) is 0 Å². The first-order valence-electron chi connectivity index (χ1n) is 10.2. The van der Waals surface area contributed by atoms with Crippen molar-refractivity contribution in [2.75, 3.05) is 18.1 Å². The molecule has 0 aromatic heterocycles. The molecule has 0 bridgehead atoms. The molecule has 1 aliphatic heterocycles. The minimum absolute atomic E-state index is 0.0328. The molecule has 2 atom stereocenters. The van der Waals surface area contributed by atoms with Gasteiger partial charge in [0.2, 0.25) is 11.8 Å². The van der Waals surface area contributed by atoms with Gasteiger partial charge < -0.3 is 21.3 Å². The summed E-state index contributed by atoms with van der Waals surface area (Å²) in [4.78, 5) is 28.4. The Balaban J connectivity index is 2.29. The SMILES string of the molecule is CSC1=NC(C)(N)NC(N[C@@H](CCCNC(C)=O)C(=O)Nc2cccc(C(F)(F)F)c2)=C1C#N. The number of hydrogen-bond acceptors (Lipinski definition) is 8. The molecule has 1 aromatic carbocycles. The van der Waals surface area contributed by atoms with Crippen LogP contribution in [0.25, 0.3) is 0 Å². The van der Waals surface area contributed by atoms with Crippen molar-refractivity contribution in [3.05, 3.63) is 41.2 Å². The quantitative estimate of drug-likeness (QED) is 0.347. The number of aliphatic imine (C=N–C) groups is 1. The first-order valence-corrected chi connectivity index (χ1v) is 11.4. The number of amides is 2. The number of thioether (sulfide) groups is 1. The number of halogens is 3. The molecule has 6 N–H and O–H groups in total. The zero-order valence-corrected chi connectivity index (χ0v) is 19.7. The maximum absolute atomic E-state index is 13.0. The van der Waals surface area contributed by atoms with Crippen molar-refractivity contribution >= 4 is 34.3 Å². The first-order chi connectivity index (χ1) is 15.9. The van der Waals surface area contributed by atoms with E-state index in [-0.39, 0.29) is 36.0 Å². The third kappa shape index (κ3) is 7.67. The largest absolute Gasteiger partial charge is 0.416 e. The summed E-state index contributed by atoms with van der Waals surface area (Å²) in [5.74, 6) is -1.93. The van der Waals surface area contributed by atoms with Gasteiger partial charge in [-0.1, -0.05) is 6.07 Å². The van der Waals surface area contributed by atoms with E-state index in [1.807, 2.05) is 6.07 Å². The molecule has 2 amide bonds. The van der Waals surface area contributed by atoms with E-state index in [9.17, 15) is 28.0 Å². The van der Waals surface area contributed by atoms with E-state index in [1.54, 1.807) is 13.2 Å². The van der Waals surface area contributed by atoms with Gasteiger partial charge in [0.15, 0.2) is 5.79 Å². The fourth-order valence-electron chi connectivity index (χ4n) is 3.09. The summed E-state index contributed by atoms with van der Waals surface area (Å²) in [5, 5.41) is 20.9. The Morgan fingerprint density at radius 3 is 2.68 bits per heavy atom. The predicted octanol–water partition coefficient (Wildman–Crippen LogP) is 2.25. The van der Waals surface area contributed by atoms with Crippen LogP contribution in [0, 0.1) is 11.3 Å². The fourth-order valence-corrected chi connectivity index (χ4v) is 3.73. The Hall–Kier alpha value is -3.24. The number of carbonyl (C=O) groups is 2. The minimum Gasteiger partial charge on any atom is -0.359 e. The monoisotopic (exact) mass is 497 g/mol. The summed E-state index contributed by atoms with van der Waals surface area (Å²) >= 11 is 1.21. The van der Waals surface area contributed by atoms with Gasteiger partial charge in [-0.25, -0.2) is 4.99 Å². The summed E-state index contributed by atoms with van der Waals surface area (Å²) in [6, 6.07) is 5.33. The number of benzene rings is 1. The van der Waals surface area contributed by atoms with Crippen LogP contribution in [0.4, 0.5) is 18.9 Å². The first kappa shape index (κ1) is 27.0. The van der Waals surface area contributed by atoms with Gasteiger partial charge in [-0.3, -0.25) is 15.3 Å². The van der Waals surface area contributed by atoms with Crippen molar-refractivity contribution in [2.24, 2.45) is 10.7 Å². The Bertz CT molecular complexity index is 1030. The lowest BCUT2D eigenvalue weighted by Crippen LogP contribution is -2.56. The molecule has 1 aromatic rings. The van der Waals surface area contributed by atoms with E-state index in [2.05, 4.69) is 26.3 Å². The van der Waals surface area contributed by atoms with Gasteiger partial charge in [0.25, 0.3) is 0 Å². The van der Waals surface area contributed by atoms with E-state index in [1.165, 1.54) is 30.8 Å². The molecule has 0 saturated carbocycles. The topological polar surface area (TPSA) is 144 Å². The molecule has 0 saturated heterocycles. The second-order valence-electron chi connectivity index (χ2n) is 7.65. The molecule has 9 nitrogen and oxygen atoms in total. The molecule has 0 spiro atoms. The predicted molar refractivity (Wildman–Crippen MR) is 124 cm³/mol. The highest BCUT2D eigenvalue weighted by Crippen LogP contribution is 2.30. The number of anilines is 1. The number of rotatable bonds is 8. The molecule has 184 valence electrons. The fraction of sp³-hybridized carbons (Fsp3) is 0.429. The van der Waals surface area contributed by atoms with Crippen molar-refractivity contribution in [3.63, 3.8) is 0 Å². The van der Waals surface area contributed by atoms with Crippen molar-refractivity contribution in [2.45, 2.75) is 44.7 Å². The van der Waals surface area contributed by atoms with E-state index in [4.69, 9.17) is 5.73 Å². The van der Waals surface area contributed by atoms with Crippen molar-refractivity contribution in [1.82, 2.24) is 16.0 Å². The highest BCUT2D eigenvalue weighted by molar-refractivity contribution is 8.13. The molecular formula is C21H26F3N7O2S. The minimum atomic E-state index is -4.56. The third-order valence-electron chi connectivity index (χ3n) is 4.62. The van der Waals surface area contributed by atoms with Gasteiger partial charge in [0.05, 0.1) is 5.56 Å². The number of nitrogens with two attached hydrogens (primary N) is 1. The van der Waals surface area contributed by atoms with E-state index in [0.29, 0.717) is 11.5 Å². The number of nitriles is 1. The average Bonchev–Trinajstić information content (AvgIpc) is 2.74. The summed E-state index contributed by atoms with van der Waals surface area (Å²) < 4.78 is 39.1. The highest BCUT2D eigenvalue weighted by atomic mass is 32.2. The molecule has 1 unspecified atom stereocenters. The lowest BCUT2D eigenvalue weighted by molar-refractivity contribution is -0.137. The number of nitrogens with zero attached hydrogens (tertiary/aromatic N) is 2. The van der Waals surface area contributed by atoms with Gasteiger partial charge in [0, 0.05) is 19.2 Å². The van der Waals surface area contributed by atoms with Crippen LogP contribution in [0.2, 0.25) is 0 Å². The second kappa shape index (κ2) is 11.3. The van der Waals surface area contributed by atoms with E-state index in [0.717, 1.165) is 12.1 Å². The van der Waals surface area contributed by atoms with Crippen LogP contribution < -0.4 is 27.0 Å².